The summed E-state index contributed by atoms with van der Waals surface area (Å²) in [5.41, 5.74) is 2.77. The standard InChI is InChI=1S/C19H22FN5/c1-21-19(22-12-11-14-7-3-4-8-15(14)20)23-13-18-24-16-9-5-6-10-17(16)25(18)2/h3-10H,11-13H2,1-2H3,(H2,21,22,23). The summed E-state index contributed by atoms with van der Waals surface area (Å²) in [6.45, 7) is 1.16. The maximum Gasteiger partial charge on any atom is 0.191 e. The van der Waals surface area contributed by atoms with Crippen LogP contribution in [0.5, 0.6) is 0 Å². The molecule has 0 aliphatic rings. The van der Waals surface area contributed by atoms with Gasteiger partial charge in [-0.25, -0.2) is 9.37 Å². The van der Waals surface area contributed by atoms with E-state index < -0.39 is 0 Å². The first-order chi connectivity index (χ1) is 12.2. The van der Waals surface area contributed by atoms with Crippen molar-refractivity contribution in [3.8, 4) is 0 Å². The van der Waals surface area contributed by atoms with Crippen LogP contribution in [0.25, 0.3) is 11.0 Å². The summed E-state index contributed by atoms with van der Waals surface area (Å²) in [5.74, 6) is 1.42. The first-order valence-electron chi connectivity index (χ1n) is 8.27. The number of benzene rings is 2. The molecule has 0 amide bonds. The second-order valence-electron chi connectivity index (χ2n) is 5.77. The average molecular weight is 339 g/mol. The number of para-hydroxylation sites is 2. The lowest BCUT2D eigenvalue weighted by molar-refractivity contribution is 0.606. The smallest absolute Gasteiger partial charge is 0.191 e. The fraction of sp³-hybridized carbons (Fsp3) is 0.263. The Labute approximate surface area is 146 Å². The Bertz CT molecular complexity index is 884. The molecule has 3 aromatic rings. The maximum atomic E-state index is 13.6. The molecule has 0 aliphatic heterocycles. The Kier molecular flexibility index (Phi) is 5.28. The van der Waals surface area contributed by atoms with Crippen LogP contribution < -0.4 is 10.6 Å². The summed E-state index contributed by atoms with van der Waals surface area (Å²) in [5, 5.41) is 6.45. The Hall–Kier alpha value is -2.89. The Balaban J connectivity index is 1.55. The largest absolute Gasteiger partial charge is 0.356 e. The molecule has 5 nitrogen and oxygen atoms in total. The average Bonchev–Trinajstić information content (AvgIpc) is 2.96. The molecule has 0 unspecified atom stereocenters. The summed E-state index contributed by atoms with van der Waals surface area (Å²) < 4.78 is 15.7. The summed E-state index contributed by atoms with van der Waals surface area (Å²) in [4.78, 5) is 8.83. The topological polar surface area (TPSA) is 54.2 Å². The minimum atomic E-state index is -0.174. The van der Waals surface area contributed by atoms with Crippen LogP contribution >= 0.6 is 0 Å². The van der Waals surface area contributed by atoms with Gasteiger partial charge in [-0.1, -0.05) is 30.3 Å². The van der Waals surface area contributed by atoms with E-state index >= 15 is 0 Å². The second-order valence-corrected chi connectivity index (χ2v) is 5.77. The Morgan fingerprint density at radius 3 is 2.64 bits per heavy atom. The summed E-state index contributed by atoms with van der Waals surface area (Å²) in [7, 11) is 3.72. The van der Waals surface area contributed by atoms with Crippen molar-refractivity contribution >= 4 is 17.0 Å². The normalized spacial score (nSPS) is 11.7. The molecule has 1 heterocycles. The van der Waals surface area contributed by atoms with E-state index in [-0.39, 0.29) is 5.82 Å². The highest BCUT2D eigenvalue weighted by Gasteiger charge is 2.08. The number of aryl methyl sites for hydroxylation is 1. The first kappa shape index (κ1) is 17.0. The molecule has 1 aromatic heterocycles. The fourth-order valence-electron chi connectivity index (χ4n) is 2.75. The van der Waals surface area contributed by atoms with E-state index in [1.165, 1.54) is 6.07 Å². The Morgan fingerprint density at radius 1 is 1.12 bits per heavy atom. The number of rotatable bonds is 5. The van der Waals surface area contributed by atoms with E-state index in [2.05, 4.69) is 25.2 Å². The third-order valence-corrected chi connectivity index (χ3v) is 4.16. The van der Waals surface area contributed by atoms with Crippen molar-refractivity contribution in [2.24, 2.45) is 12.0 Å². The van der Waals surface area contributed by atoms with Crippen molar-refractivity contribution in [2.75, 3.05) is 13.6 Å². The lowest BCUT2D eigenvalue weighted by Gasteiger charge is -2.12. The van der Waals surface area contributed by atoms with Gasteiger partial charge in [0.25, 0.3) is 0 Å². The monoisotopic (exact) mass is 339 g/mol. The molecule has 0 aliphatic carbocycles. The van der Waals surface area contributed by atoms with Crippen molar-refractivity contribution < 1.29 is 4.39 Å². The number of halogens is 1. The molecule has 0 atom stereocenters. The van der Waals surface area contributed by atoms with Gasteiger partial charge in [0.05, 0.1) is 17.6 Å². The van der Waals surface area contributed by atoms with Crippen LogP contribution in [-0.4, -0.2) is 29.1 Å². The van der Waals surface area contributed by atoms with Crippen LogP contribution in [0.3, 0.4) is 0 Å². The van der Waals surface area contributed by atoms with E-state index in [0.29, 0.717) is 31.0 Å². The highest BCUT2D eigenvalue weighted by atomic mass is 19.1. The summed E-state index contributed by atoms with van der Waals surface area (Å²) in [6.07, 6.45) is 0.597. The molecule has 0 bridgehead atoms. The molecule has 0 saturated heterocycles. The minimum Gasteiger partial charge on any atom is -0.356 e. The molecule has 0 saturated carbocycles. The van der Waals surface area contributed by atoms with E-state index in [1.807, 2.05) is 37.4 Å². The minimum absolute atomic E-state index is 0.174. The van der Waals surface area contributed by atoms with Gasteiger partial charge < -0.3 is 15.2 Å². The number of hydrogen-bond donors (Lipinski definition) is 2. The molecule has 3 rings (SSSR count). The van der Waals surface area contributed by atoms with Crippen LogP contribution in [0.15, 0.2) is 53.5 Å². The number of nitrogens with zero attached hydrogens (tertiary/aromatic N) is 3. The number of aromatic nitrogens is 2. The van der Waals surface area contributed by atoms with Gasteiger partial charge in [-0.05, 0) is 30.2 Å². The van der Waals surface area contributed by atoms with Gasteiger partial charge in [0.15, 0.2) is 5.96 Å². The predicted molar refractivity (Wildman–Crippen MR) is 99.0 cm³/mol. The molecule has 0 spiro atoms. The van der Waals surface area contributed by atoms with Gasteiger partial charge in [0.1, 0.15) is 11.6 Å². The van der Waals surface area contributed by atoms with E-state index in [1.54, 1.807) is 19.2 Å². The molecule has 6 heteroatoms. The highest BCUT2D eigenvalue weighted by Crippen LogP contribution is 2.13. The van der Waals surface area contributed by atoms with Crippen LogP contribution in [0, 0.1) is 5.82 Å². The molecule has 0 fully saturated rings. The zero-order valence-corrected chi connectivity index (χ0v) is 14.5. The zero-order chi connectivity index (χ0) is 17.6. The number of aliphatic imine (C=N–C) groups is 1. The zero-order valence-electron chi connectivity index (χ0n) is 14.5. The fourth-order valence-corrected chi connectivity index (χ4v) is 2.75. The van der Waals surface area contributed by atoms with E-state index in [9.17, 15) is 4.39 Å². The van der Waals surface area contributed by atoms with Crippen LogP contribution in [-0.2, 0) is 20.0 Å². The van der Waals surface area contributed by atoms with Crippen molar-refractivity contribution in [1.29, 1.82) is 0 Å². The maximum absolute atomic E-state index is 13.6. The molecular formula is C19H22FN5. The van der Waals surface area contributed by atoms with Gasteiger partial charge in [-0.2, -0.15) is 0 Å². The van der Waals surface area contributed by atoms with Gasteiger partial charge in [0, 0.05) is 20.6 Å². The Morgan fingerprint density at radius 2 is 1.88 bits per heavy atom. The summed E-state index contributed by atoms with van der Waals surface area (Å²) >= 11 is 0. The SMILES string of the molecule is CN=C(NCCc1ccccc1F)NCc1nc2ccccc2n1C. The highest BCUT2D eigenvalue weighted by molar-refractivity contribution is 5.80. The van der Waals surface area contributed by atoms with Gasteiger partial charge >= 0.3 is 0 Å². The second kappa shape index (κ2) is 7.79. The van der Waals surface area contributed by atoms with Crippen molar-refractivity contribution in [3.63, 3.8) is 0 Å². The van der Waals surface area contributed by atoms with Crippen LogP contribution in [0.2, 0.25) is 0 Å². The molecular weight excluding hydrogens is 317 g/mol. The molecule has 2 aromatic carbocycles. The predicted octanol–water partition coefficient (Wildman–Crippen LogP) is 2.62. The van der Waals surface area contributed by atoms with E-state index in [4.69, 9.17) is 0 Å². The number of nitrogens with one attached hydrogen (secondary N) is 2. The van der Waals surface area contributed by atoms with Crippen molar-refractivity contribution in [2.45, 2.75) is 13.0 Å². The first-order valence-corrected chi connectivity index (χ1v) is 8.27. The van der Waals surface area contributed by atoms with Gasteiger partial charge in [-0.3, -0.25) is 4.99 Å². The van der Waals surface area contributed by atoms with Crippen LogP contribution in [0.4, 0.5) is 4.39 Å². The van der Waals surface area contributed by atoms with E-state index in [0.717, 1.165) is 16.9 Å². The lowest BCUT2D eigenvalue weighted by Crippen LogP contribution is -2.38. The van der Waals surface area contributed by atoms with Crippen LogP contribution in [0.1, 0.15) is 11.4 Å². The molecule has 130 valence electrons. The number of imidazole rings is 1. The number of fused-ring (bicyclic) bond motifs is 1. The molecule has 25 heavy (non-hydrogen) atoms. The molecule has 2 N–H and O–H groups in total. The summed E-state index contributed by atoms with van der Waals surface area (Å²) in [6, 6.07) is 14.9. The quantitative estimate of drug-likeness (QED) is 0.555. The van der Waals surface area contributed by atoms with Gasteiger partial charge in [0.2, 0.25) is 0 Å². The third-order valence-electron chi connectivity index (χ3n) is 4.16. The number of hydrogen-bond acceptors (Lipinski definition) is 2. The van der Waals surface area contributed by atoms with Gasteiger partial charge in [-0.15, -0.1) is 0 Å². The third kappa shape index (κ3) is 3.96. The number of guanidine groups is 1. The van der Waals surface area contributed by atoms with Crippen molar-refractivity contribution in [3.05, 3.63) is 65.7 Å². The van der Waals surface area contributed by atoms with Crippen molar-refractivity contribution in [1.82, 2.24) is 20.2 Å². The lowest BCUT2D eigenvalue weighted by atomic mass is 10.1. The molecule has 0 radical (unpaired) electrons.